The Bertz CT molecular complexity index is 766. The number of aromatic carboxylic acids is 1. The van der Waals surface area contributed by atoms with Gasteiger partial charge in [-0.2, -0.15) is 0 Å². The van der Waals surface area contributed by atoms with Crippen LogP contribution in [0.5, 0.6) is 0 Å². The van der Waals surface area contributed by atoms with Crippen LogP contribution in [0.3, 0.4) is 0 Å². The van der Waals surface area contributed by atoms with Gasteiger partial charge in [0, 0.05) is 16.2 Å². The highest BCUT2D eigenvalue weighted by molar-refractivity contribution is 9.10. The number of carboxylic acids is 1. The molecule has 0 radical (unpaired) electrons. The SMILES string of the molecule is O=C(O)c1nc(-c2ccccc2)n2ccc(Br)cc12. The maximum atomic E-state index is 11.3. The van der Waals surface area contributed by atoms with Gasteiger partial charge in [0.2, 0.25) is 0 Å². The van der Waals surface area contributed by atoms with Crippen LogP contribution in [-0.2, 0) is 0 Å². The minimum Gasteiger partial charge on any atom is -0.476 e. The normalized spacial score (nSPS) is 10.8. The second kappa shape index (κ2) is 4.51. The monoisotopic (exact) mass is 316 g/mol. The fourth-order valence-electron chi connectivity index (χ4n) is 2.01. The van der Waals surface area contributed by atoms with Gasteiger partial charge < -0.3 is 5.11 Å². The Kier molecular flexibility index (Phi) is 2.83. The lowest BCUT2D eigenvalue weighted by Gasteiger charge is -2.01. The van der Waals surface area contributed by atoms with Crippen molar-refractivity contribution in [2.24, 2.45) is 0 Å². The number of nitrogens with zero attached hydrogens (tertiary/aromatic N) is 2. The number of hydrogen-bond donors (Lipinski definition) is 1. The van der Waals surface area contributed by atoms with Crippen molar-refractivity contribution in [1.82, 2.24) is 9.38 Å². The minimum absolute atomic E-state index is 0.0557. The van der Waals surface area contributed by atoms with Gasteiger partial charge in [-0.05, 0) is 12.1 Å². The molecule has 0 atom stereocenters. The number of rotatable bonds is 2. The number of aromatic nitrogens is 2. The van der Waals surface area contributed by atoms with E-state index in [9.17, 15) is 9.90 Å². The Labute approximate surface area is 117 Å². The number of carbonyl (C=O) groups is 1. The predicted octanol–water partition coefficient (Wildman–Crippen LogP) is 3.46. The summed E-state index contributed by atoms with van der Waals surface area (Å²) in [5.41, 5.74) is 1.51. The van der Waals surface area contributed by atoms with Crippen LogP contribution in [0.1, 0.15) is 10.5 Å². The standard InChI is InChI=1S/C14H9BrN2O2/c15-10-6-7-17-11(8-10)12(14(18)19)16-13(17)9-4-2-1-3-5-9/h1-8H,(H,18,19). The van der Waals surface area contributed by atoms with Crippen LogP contribution in [-0.4, -0.2) is 20.5 Å². The number of fused-ring (bicyclic) bond motifs is 1. The van der Waals surface area contributed by atoms with Gasteiger partial charge in [-0.3, -0.25) is 4.40 Å². The zero-order valence-electron chi connectivity index (χ0n) is 9.75. The molecule has 2 heterocycles. The quantitative estimate of drug-likeness (QED) is 0.787. The average Bonchev–Trinajstić information content (AvgIpc) is 2.78. The molecule has 0 aliphatic rings. The lowest BCUT2D eigenvalue weighted by molar-refractivity contribution is 0.0693. The van der Waals surface area contributed by atoms with E-state index in [2.05, 4.69) is 20.9 Å². The Morgan fingerprint density at radius 3 is 2.63 bits per heavy atom. The van der Waals surface area contributed by atoms with Gasteiger partial charge in [0.05, 0.1) is 5.52 Å². The molecule has 0 fully saturated rings. The molecule has 94 valence electrons. The third-order valence-corrected chi connectivity index (χ3v) is 3.33. The molecule has 1 aromatic carbocycles. The summed E-state index contributed by atoms with van der Waals surface area (Å²) in [4.78, 5) is 15.5. The molecule has 0 saturated heterocycles. The molecule has 0 saturated carbocycles. The van der Waals surface area contributed by atoms with E-state index >= 15 is 0 Å². The van der Waals surface area contributed by atoms with E-state index in [0.717, 1.165) is 10.0 Å². The lowest BCUT2D eigenvalue weighted by Crippen LogP contribution is -1.97. The zero-order chi connectivity index (χ0) is 13.4. The smallest absolute Gasteiger partial charge is 0.356 e. The second-order valence-electron chi connectivity index (χ2n) is 4.06. The highest BCUT2D eigenvalue weighted by Crippen LogP contribution is 2.24. The van der Waals surface area contributed by atoms with Crippen LogP contribution in [0.25, 0.3) is 16.9 Å². The first-order valence-corrected chi connectivity index (χ1v) is 6.42. The van der Waals surface area contributed by atoms with Crippen molar-refractivity contribution in [2.75, 3.05) is 0 Å². The number of pyridine rings is 1. The molecule has 19 heavy (non-hydrogen) atoms. The Balaban J connectivity index is 2.35. The summed E-state index contributed by atoms with van der Waals surface area (Å²) in [6, 6.07) is 13.1. The first-order chi connectivity index (χ1) is 9.16. The van der Waals surface area contributed by atoms with Gasteiger partial charge in [0.15, 0.2) is 5.69 Å². The summed E-state index contributed by atoms with van der Waals surface area (Å²) in [5, 5.41) is 9.24. The highest BCUT2D eigenvalue weighted by Gasteiger charge is 2.17. The van der Waals surface area contributed by atoms with E-state index in [1.165, 1.54) is 0 Å². The second-order valence-corrected chi connectivity index (χ2v) is 4.97. The molecule has 1 N–H and O–H groups in total. The van der Waals surface area contributed by atoms with Gasteiger partial charge in [-0.15, -0.1) is 0 Å². The first kappa shape index (κ1) is 11.9. The summed E-state index contributed by atoms with van der Waals surface area (Å²) < 4.78 is 2.60. The summed E-state index contributed by atoms with van der Waals surface area (Å²) in [6.07, 6.45) is 1.81. The van der Waals surface area contributed by atoms with Gasteiger partial charge in [0.25, 0.3) is 0 Å². The molecule has 2 aromatic heterocycles. The van der Waals surface area contributed by atoms with Crippen molar-refractivity contribution >= 4 is 27.4 Å². The molecular weight excluding hydrogens is 308 g/mol. The third-order valence-electron chi connectivity index (χ3n) is 2.84. The summed E-state index contributed by atoms with van der Waals surface area (Å²) in [6.45, 7) is 0. The molecule has 0 amide bonds. The highest BCUT2D eigenvalue weighted by atomic mass is 79.9. The maximum Gasteiger partial charge on any atom is 0.356 e. The predicted molar refractivity (Wildman–Crippen MR) is 75.3 cm³/mol. The van der Waals surface area contributed by atoms with Crippen LogP contribution in [0.2, 0.25) is 0 Å². The van der Waals surface area contributed by atoms with E-state index < -0.39 is 5.97 Å². The van der Waals surface area contributed by atoms with E-state index in [-0.39, 0.29) is 5.69 Å². The van der Waals surface area contributed by atoms with Crippen molar-refractivity contribution in [3.05, 3.63) is 58.8 Å². The van der Waals surface area contributed by atoms with Crippen LogP contribution in [0.15, 0.2) is 53.1 Å². The third kappa shape index (κ3) is 2.02. The molecule has 0 spiro atoms. The van der Waals surface area contributed by atoms with Gasteiger partial charge in [-0.1, -0.05) is 46.3 Å². The van der Waals surface area contributed by atoms with Crippen molar-refractivity contribution in [3.63, 3.8) is 0 Å². The molecule has 0 unspecified atom stereocenters. The Hall–Kier alpha value is -2.14. The van der Waals surface area contributed by atoms with Crippen LogP contribution in [0, 0.1) is 0 Å². The van der Waals surface area contributed by atoms with Crippen LogP contribution < -0.4 is 0 Å². The Morgan fingerprint density at radius 2 is 1.95 bits per heavy atom. The number of hydrogen-bond acceptors (Lipinski definition) is 2. The molecule has 3 aromatic rings. The molecule has 3 rings (SSSR count). The Morgan fingerprint density at radius 1 is 1.21 bits per heavy atom. The molecule has 0 bridgehead atoms. The zero-order valence-corrected chi connectivity index (χ0v) is 11.3. The number of benzene rings is 1. The van der Waals surface area contributed by atoms with Crippen molar-refractivity contribution in [3.8, 4) is 11.4 Å². The van der Waals surface area contributed by atoms with Gasteiger partial charge >= 0.3 is 5.97 Å². The molecule has 4 nitrogen and oxygen atoms in total. The first-order valence-electron chi connectivity index (χ1n) is 5.63. The fraction of sp³-hybridized carbons (Fsp3) is 0. The number of carboxylic acid groups (broad SMARTS) is 1. The van der Waals surface area contributed by atoms with E-state index in [4.69, 9.17) is 0 Å². The summed E-state index contributed by atoms with van der Waals surface area (Å²) in [5.74, 6) is -0.404. The number of halogens is 1. The van der Waals surface area contributed by atoms with E-state index in [1.807, 2.05) is 36.4 Å². The van der Waals surface area contributed by atoms with E-state index in [0.29, 0.717) is 11.3 Å². The van der Waals surface area contributed by atoms with E-state index in [1.54, 1.807) is 16.7 Å². The molecule has 0 aliphatic heterocycles. The van der Waals surface area contributed by atoms with Crippen molar-refractivity contribution < 1.29 is 9.90 Å². The van der Waals surface area contributed by atoms with Crippen LogP contribution in [0.4, 0.5) is 0 Å². The summed E-state index contributed by atoms with van der Waals surface area (Å²) >= 11 is 3.35. The van der Waals surface area contributed by atoms with Gasteiger partial charge in [-0.25, -0.2) is 9.78 Å². The minimum atomic E-state index is -1.03. The van der Waals surface area contributed by atoms with Crippen molar-refractivity contribution in [2.45, 2.75) is 0 Å². The fourth-order valence-corrected chi connectivity index (χ4v) is 2.34. The van der Waals surface area contributed by atoms with Crippen LogP contribution >= 0.6 is 15.9 Å². The number of imidazole rings is 1. The lowest BCUT2D eigenvalue weighted by atomic mass is 10.2. The van der Waals surface area contributed by atoms with Crippen molar-refractivity contribution in [1.29, 1.82) is 0 Å². The topological polar surface area (TPSA) is 54.6 Å². The van der Waals surface area contributed by atoms with Gasteiger partial charge in [0.1, 0.15) is 5.82 Å². The molecule has 0 aliphatic carbocycles. The maximum absolute atomic E-state index is 11.3. The molecular formula is C14H9BrN2O2. The largest absolute Gasteiger partial charge is 0.476 e. The molecule has 5 heteroatoms. The summed E-state index contributed by atoms with van der Waals surface area (Å²) in [7, 11) is 0. The average molecular weight is 317 g/mol.